The van der Waals surface area contributed by atoms with Crippen molar-refractivity contribution in [1.82, 2.24) is 9.78 Å². The summed E-state index contributed by atoms with van der Waals surface area (Å²) < 4.78 is 38.1. The largest absolute Gasteiger partial charge is 0.435 e. The standard InChI is InChI=1S/C12H16F3N3/c1-11(2,9-16)6-3-4-7-18-8-5-10(17-18)12(13,14)15/h5,8H,3-4,6-7H2,1-2H3. The van der Waals surface area contributed by atoms with E-state index in [1.165, 1.54) is 10.9 Å². The summed E-state index contributed by atoms with van der Waals surface area (Å²) in [5, 5.41) is 12.3. The Morgan fingerprint density at radius 2 is 2.00 bits per heavy atom. The van der Waals surface area contributed by atoms with Gasteiger partial charge in [0.05, 0.1) is 11.5 Å². The molecule has 0 N–H and O–H groups in total. The lowest BCUT2D eigenvalue weighted by Gasteiger charge is -2.14. The molecule has 0 fully saturated rings. The topological polar surface area (TPSA) is 41.6 Å². The molecule has 0 aromatic carbocycles. The number of hydrogen-bond acceptors (Lipinski definition) is 2. The molecule has 0 saturated carbocycles. The van der Waals surface area contributed by atoms with E-state index < -0.39 is 11.9 Å². The Kier molecular flexibility index (Phi) is 4.38. The maximum atomic E-state index is 12.3. The molecule has 0 atom stereocenters. The zero-order valence-electron chi connectivity index (χ0n) is 10.5. The van der Waals surface area contributed by atoms with Crippen molar-refractivity contribution in [2.45, 2.75) is 45.8 Å². The van der Waals surface area contributed by atoms with E-state index in [0.717, 1.165) is 18.9 Å². The van der Waals surface area contributed by atoms with Crippen LogP contribution in [0.3, 0.4) is 0 Å². The highest BCUT2D eigenvalue weighted by molar-refractivity contribution is 5.03. The number of rotatable bonds is 5. The lowest BCUT2D eigenvalue weighted by Crippen LogP contribution is -2.09. The Morgan fingerprint density at radius 3 is 2.50 bits per heavy atom. The SMILES string of the molecule is CC(C)(C#N)CCCCn1ccc(C(F)(F)F)n1. The fraction of sp³-hybridized carbons (Fsp3) is 0.667. The molecule has 1 rings (SSSR count). The van der Waals surface area contributed by atoms with Gasteiger partial charge in [-0.1, -0.05) is 6.42 Å². The van der Waals surface area contributed by atoms with Crippen molar-refractivity contribution in [2.75, 3.05) is 0 Å². The quantitative estimate of drug-likeness (QED) is 0.758. The predicted octanol–water partition coefficient (Wildman–Crippen LogP) is 3.62. The van der Waals surface area contributed by atoms with Crippen LogP contribution in [0, 0.1) is 16.7 Å². The maximum absolute atomic E-state index is 12.3. The molecular weight excluding hydrogens is 243 g/mol. The number of nitrogens with zero attached hydrogens (tertiary/aromatic N) is 3. The third kappa shape index (κ3) is 4.40. The number of hydrogen-bond donors (Lipinski definition) is 0. The zero-order chi connectivity index (χ0) is 13.8. The highest BCUT2D eigenvalue weighted by Crippen LogP contribution is 2.27. The molecule has 1 aromatic heterocycles. The third-order valence-corrected chi connectivity index (χ3v) is 2.67. The molecule has 0 aliphatic heterocycles. The molecule has 0 spiro atoms. The van der Waals surface area contributed by atoms with Crippen LogP contribution in [-0.2, 0) is 12.7 Å². The van der Waals surface area contributed by atoms with Gasteiger partial charge in [0.25, 0.3) is 0 Å². The van der Waals surface area contributed by atoms with Gasteiger partial charge in [0.2, 0.25) is 0 Å². The number of aromatic nitrogens is 2. The highest BCUT2D eigenvalue weighted by atomic mass is 19.4. The molecule has 0 saturated heterocycles. The van der Waals surface area contributed by atoms with Gasteiger partial charge in [0.1, 0.15) is 0 Å². The van der Waals surface area contributed by atoms with Crippen LogP contribution in [0.4, 0.5) is 13.2 Å². The number of aryl methyl sites for hydroxylation is 1. The first kappa shape index (κ1) is 14.6. The molecule has 0 aliphatic rings. The van der Waals surface area contributed by atoms with Crippen molar-refractivity contribution in [1.29, 1.82) is 5.26 Å². The van der Waals surface area contributed by atoms with Gasteiger partial charge in [-0.3, -0.25) is 4.68 Å². The summed E-state index contributed by atoms with van der Waals surface area (Å²) >= 11 is 0. The summed E-state index contributed by atoms with van der Waals surface area (Å²) in [4.78, 5) is 0. The number of nitriles is 1. The summed E-state index contributed by atoms with van der Waals surface area (Å²) in [6.07, 6.45) is -0.810. The molecule has 6 heteroatoms. The first-order valence-electron chi connectivity index (χ1n) is 5.76. The Balaban J connectivity index is 2.37. The van der Waals surface area contributed by atoms with Gasteiger partial charge < -0.3 is 0 Å². The van der Waals surface area contributed by atoms with Crippen LogP contribution < -0.4 is 0 Å². The fourth-order valence-corrected chi connectivity index (χ4v) is 1.53. The van der Waals surface area contributed by atoms with Gasteiger partial charge in [0.15, 0.2) is 5.69 Å². The van der Waals surface area contributed by atoms with Crippen molar-refractivity contribution in [3.05, 3.63) is 18.0 Å². The van der Waals surface area contributed by atoms with Gasteiger partial charge in [-0.15, -0.1) is 0 Å². The van der Waals surface area contributed by atoms with Crippen molar-refractivity contribution < 1.29 is 13.2 Å². The second-order valence-corrected chi connectivity index (χ2v) is 4.91. The summed E-state index contributed by atoms with van der Waals surface area (Å²) in [5.41, 5.74) is -1.24. The molecule has 1 aromatic rings. The molecular formula is C12H16F3N3. The predicted molar refractivity (Wildman–Crippen MR) is 60.5 cm³/mol. The minimum Gasteiger partial charge on any atom is -0.272 e. The van der Waals surface area contributed by atoms with Crippen LogP contribution in [0.15, 0.2) is 12.3 Å². The Labute approximate surface area is 104 Å². The van der Waals surface area contributed by atoms with Crippen LogP contribution in [0.5, 0.6) is 0 Å². The van der Waals surface area contributed by atoms with Crippen molar-refractivity contribution in [2.24, 2.45) is 5.41 Å². The summed E-state index contributed by atoms with van der Waals surface area (Å²) in [5.74, 6) is 0. The second-order valence-electron chi connectivity index (χ2n) is 4.91. The highest BCUT2D eigenvalue weighted by Gasteiger charge is 2.33. The first-order valence-corrected chi connectivity index (χ1v) is 5.76. The Morgan fingerprint density at radius 1 is 1.33 bits per heavy atom. The summed E-state index contributed by atoms with van der Waals surface area (Å²) in [6, 6.07) is 3.16. The molecule has 18 heavy (non-hydrogen) atoms. The van der Waals surface area contributed by atoms with Crippen LogP contribution in [0.2, 0.25) is 0 Å². The maximum Gasteiger partial charge on any atom is 0.435 e. The first-order chi connectivity index (χ1) is 8.24. The van der Waals surface area contributed by atoms with Gasteiger partial charge in [-0.05, 0) is 32.8 Å². The number of alkyl halides is 3. The Bertz CT molecular complexity index is 427. The van der Waals surface area contributed by atoms with E-state index in [1.807, 2.05) is 13.8 Å². The average Bonchev–Trinajstić information content (AvgIpc) is 2.73. The lowest BCUT2D eigenvalue weighted by atomic mass is 9.89. The minimum atomic E-state index is -4.38. The van der Waals surface area contributed by atoms with E-state index >= 15 is 0 Å². The summed E-state index contributed by atoms with van der Waals surface area (Å²) in [7, 11) is 0. The average molecular weight is 259 g/mol. The van der Waals surface area contributed by atoms with Gasteiger partial charge in [-0.2, -0.15) is 23.5 Å². The van der Waals surface area contributed by atoms with E-state index in [0.29, 0.717) is 13.0 Å². The minimum absolute atomic E-state index is 0.374. The van der Waals surface area contributed by atoms with Crippen molar-refractivity contribution >= 4 is 0 Å². The smallest absolute Gasteiger partial charge is 0.272 e. The lowest BCUT2D eigenvalue weighted by molar-refractivity contribution is -0.141. The van der Waals surface area contributed by atoms with Crippen LogP contribution in [0.1, 0.15) is 38.8 Å². The van der Waals surface area contributed by atoms with Crippen molar-refractivity contribution in [3.8, 4) is 6.07 Å². The number of halogens is 3. The van der Waals surface area contributed by atoms with Gasteiger partial charge in [0, 0.05) is 12.7 Å². The van der Waals surface area contributed by atoms with Gasteiger partial charge in [-0.25, -0.2) is 0 Å². The molecule has 3 nitrogen and oxygen atoms in total. The second kappa shape index (κ2) is 5.42. The van der Waals surface area contributed by atoms with Gasteiger partial charge >= 0.3 is 6.18 Å². The van der Waals surface area contributed by atoms with Crippen LogP contribution >= 0.6 is 0 Å². The zero-order valence-corrected chi connectivity index (χ0v) is 10.5. The molecule has 1 heterocycles. The van der Waals surface area contributed by atoms with E-state index in [4.69, 9.17) is 5.26 Å². The van der Waals surface area contributed by atoms with Crippen LogP contribution in [-0.4, -0.2) is 9.78 Å². The van der Waals surface area contributed by atoms with E-state index in [9.17, 15) is 13.2 Å². The van der Waals surface area contributed by atoms with Crippen LogP contribution in [0.25, 0.3) is 0 Å². The fourth-order valence-electron chi connectivity index (χ4n) is 1.53. The molecule has 100 valence electrons. The normalized spacial score (nSPS) is 12.4. The Hall–Kier alpha value is -1.51. The van der Waals surface area contributed by atoms with E-state index in [2.05, 4.69) is 11.2 Å². The third-order valence-electron chi connectivity index (χ3n) is 2.67. The molecule has 0 aliphatic carbocycles. The van der Waals surface area contributed by atoms with Crippen molar-refractivity contribution in [3.63, 3.8) is 0 Å². The molecule has 0 amide bonds. The molecule has 0 unspecified atom stereocenters. The number of unbranched alkanes of at least 4 members (excludes halogenated alkanes) is 1. The molecule has 0 radical (unpaired) electrons. The summed E-state index contributed by atoms with van der Waals surface area (Å²) in [6.45, 7) is 4.14. The molecule has 0 bridgehead atoms. The van der Waals surface area contributed by atoms with E-state index in [-0.39, 0.29) is 5.41 Å². The van der Waals surface area contributed by atoms with E-state index in [1.54, 1.807) is 0 Å². The monoisotopic (exact) mass is 259 g/mol.